The molecule has 1 aromatic carbocycles. The number of hydrogen-bond acceptors (Lipinski definition) is 2. The molecule has 1 atom stereocenters. The van der Waals surface area contributed by atoms with Crippen molar-refractivity contribution in [3.8, 4) is 0 Å². The Morgan fingerprint density at radius 3 is 2.35 bits per heavy atom. The smallest absolute Gasteiger partial charge is 0.0478 e. The predicted molar refractivity (Wildman–Crippen MR) is 87.4 cm³/mol. The molecule has 0 aromatic heterocycles. The van der Waals surface area contributed by atoms with Gasteiger partial charge >= 0.3 is 0 Å². The van der Waals surface area contributed by atoms with Crippen molar-refractivity contribution in [2.45, 2.75) is 59.9 Å². The van der Waals surface area contributed by atoms with Gasteiger partial charge in [0.05, 0.1) is 0 Å². The van der Waals surface area contributed by atoms with E-state index < -0.39 is 0 Å². The largest absolute Gasteiger partial charge is 0.381 e. The fourth-order valence-electron chi connectivity index (χ4n) is 2.40. The van der Waals surface area contributed by atoms with E-state index in [1.54, 1.807) is 0 Å². The molecule has 0 aliphatic carbocycles. The predicted octanol–water partition coefficient (Wildman–Crippen LogP) is 4.47. The van der Waals surface area contributed by atoms with Gasteiger partial charge in [-0.2, -0.15) is 0 Å². The van der Waals surface area contributed by atoms with E-state index in [1.165, 1.54) is 35.1 Å². The molecule has 1 N–H and O–H groups in total. The van der Waals surface area contributed by atoms with Gasteiger partial charge in [0.1, 0.15) is 0 Å². The number of unbranched alkanes of at least 4 members (excludes halogenated alkanes) is 1. The summed E-state index contributed by atoms with van der Waals surface area (Å²) in [4.78, 5) is 0. The highest BCUT2D eigenvalue weighted by Crippen LogP contribution is 2.21. The maximum Gasteiger partial charge on any atom is 0.0478 e. The van der Waals surface area contributed by atoms with E-state index in [2.05, 4.69) is 52.1 Å². The van der Waals surface area contributed by atoms with Crippen LogP contribution in [0, 0.1) is 20.8 Å². The van der Waals surface area contributed by atoms with Crippen molar-refractivity contribution in [1.82, 2.24) is 5.32 Å². The summed E-state index contributed by atoms with van der Waals surface area (Å²) < 4.78 is 5.58. The zero-order valence-electron chi connectivity index (χ0n) is 13.9. The van der Waals surface area contributed by atoms with Crippen molar-refractivity contribution in [3.63, 3.8) is 0 Å². The van der Waals surface area contributed by atoms with Crippen LogP contribution >= 0.6 is 0 Å². The molecular formula is C18H31NO. The van der Waals surface area contributed by atoms with E-state index in [9.17, 15) is 0 Å². The summed E-state index contributed by atoms with van der Waals surface area (Å²) in [6.07, 6.45) is 3.46. The highest BCUT2D eigenvalue weighted by Gasteiger charge is 2.09. The Balaban J connectivity index is 2.32. The summed E-state index contributed by atoms with van der Waals surface area (Å²) in [6.45, 7) is 13.8. The Hall–Kier alpha value is -0.860. The molecule has 2 heteroatoms. The lowest BCUT2D eigenvalue weighted by Crippen LogP contribution is -2.22. The Morgan fingerprint density at radius 2 is 1.65 bits per heavy atom. The molecule has 1 unspecified atom stereocenters. The van der Waals surface area contributed by atoms with Gasteiger partial charge in [0, 0.05) is 19.3 Å². The summed E-state index contributed by atoms with van der Waals surface area (Å²) in [5, 5.41) is 3.60. The van der Waals surface area contributed by atoms with Gasteiger partial charge in [-0.15, -0.1) is 0 Å². The number of hydrogen-bond donors (Lipinski definition) is 1. The number of benzene rings is 1. The highest BCUT2D eigenvalue weighted by molar-refractivity contribution is 5.37. The number of rotatable bonds is 9. The lowest BCUT2D eigenvalue weighted by Gasteiger charge is -2.18. The van der Waals surface area contributed by atoms with Crippen molar-refractivity contribution in [2.75, 3.05) is 19.8 Å². The monoisotopic (exact) mass is 277 g/mol. The Morgan fingerprint density at radius 1 is 1.00 bits per heavy atom. The number of nitrogens with one attached hydrogen (secondary N) is 1. The minimum atomic E-state index is 0.407. The van der Waals surface area contributed by atoms with Gasteiger partial charge in [0.2, 0.25) is 0 Å². The second-order valence-electron chi connectivity index (χ2n) is 5.79. The van der Waals surface area contributed by atoms with Gasteiger partial charge in [-0.25, -0.2) is 0 Å². The van der Waals surface area contributed by atoms with Gasteiger partial charge in [-0.3, -0.25) is 0 Å². The fourth-order valence-corrected chi connectivity index (χ4v) is 2.40. The first-order valence-electron chi connectivity index (χ1n) is 7.95. The van der Waals surface area contributed by atoms with E-state index >= 15 is 0 Å². The van der Waals surface area contributed by atoms with Crippen molar-refractivity contribution in [3.05, 3.63) is 34.4 Å². The first-order chi connectivity index (χ1) is 9.56. The minimum Gasteiger partial charge on any atom is -0.381 e. The summed E-state index contributed by atoms with van der Waals surface area (Å²) in [6, 6.07) is 5.02. The average Bonchev–Trinajstić information content (AvgIpc) is 2.41. The second kappa shape index (κ2) is 9.15. The lowest BCUT2D eigenvalue weighted by atomic mass is 9.96. The number of aryl methyl sites for hydroxylation is 3. The van der Waals surface area contributed by atoms with Crippen LogP contribution in [0.1, 0.15) is 61.4 Å². The normalized spacial score (nSPS) is 12.7. The van der Waals surface area contributed by atoms with Crippen LogP contribution in [0.5, 0.6) is 0 Å². The molecule has 0 saturated heterocycles. The summed E-state index contributed by atoms with van der Waals surface area (Å²) in [5.41, 5.74) is 5.55. The standard InChI is InChI=1S/C18H31NO/c1-6-7-10-20-11-8-9-19-17(5)18-13-15(3)14(2)12-16(18)4/h12-13,17,19H,6-11H2,1-5H3. The van der Waals surface area contributed by atoms with Gasteiger partial charge in [-0.05, 0) is 69.3 Å². The van der Waals surface area contributed by atoms with Crippen LogP contribution < -0.4 is 5.32 Å². The van der Waals surface area contributed by atoms with Crippen LogP contribution in [-0.4, -0.2) is 19.8 Å². The minimum absolute atomic E-state index is 0.407. The molecular weight excluding hydrogens is 246 g/mol. The van der Waals surface area contributed by atoms with Gasteiger partial charge in [0.15, 0.2) is 0 Å². The van der Waals surface area contributed by atoms with Crippen LogP contribution in [0.4, 0.5) is 0 Å². The summed E-state index contributed by atoms with van der Waals surface area (Å²) in [5.74, 6) is 0. The quantitative estimate of drug-likeness (QED) is 0.672. The second-order valence-corrected chi connectivity index (χ2v) is 5.79. The third-order valence-electron chi connectivity index (χ3n) is 3.91. The molecule has 1 rings (SSSR count). The van der Waals surface area contributed by atoms with Gasteiger partial charge in [-0.1, -0.05) is 25.5 Å². The molecule has 114 valence electrons. The van der Waals surface area contributed by atoms with Crippen molar-refractivity contribution >= 4 is 0 Å². The molecule has 0 saturated carbocycles. The summed E-state index contributed by atoms with van der Waals surface area (Å²) in [7, 11) is 0. The molecule has 0 fully saturated rings. The first-order valence-corrected chi connectivity index (χ1v) is 7.95. The van der Waals surface area contributed by atoms with Crippen LogP contribution in [0.2, 0.25) is 0 Å². The third-order valence-corrected chi connectivity index (χ3v) is 3.91. The van der Waals surface area contributed by atoms with Crippen LogP contribution in [0.15, 0.2) is 12.1 Å². The Bertz CT molecular complexity index is 401. The Labute approximate surface area is 124 Å². The topological polar surface area (TPSA) is 21.3 Å². The molecule has 0 radical (unpaired) electrons. The Kier molecular flexibility index (Phi) is 7.86. The SMILES string of the molecule is CCCCOCCCNC(C)c1cc(C)c(C)cc1C. The average molecular weight is 277 g/mol. The maximum absolute atomic E-state index is 5.58. The molecule has 0 bridgehead atoms. The molecule has 0 heterocycles. The third kappa shape index (κ3) is 5.64. The molecule has 1 aromatic rings. The van der Waals surface area contributed by atoms with Gasteiger partial charge in [0.25, 0.3) is 0 Å². The lowest BCUT2D eigenvalue weighted by molar-refractivity contribution is 0.128. The van der Waals surface area contributed by atoms with E-state index in [0.717, 1.165) is 26.2 Å². The molecule has 0 spiro atoms. The summed E-state index contributed by atoms with van der Waals surface area (Å²) >= 11 is 0. The zero-order valence-corrected chi connectivity index (χ0v) is 13.9. The van der Waals surface area contributed by atoms with Crippen molar-refractivity contribution in [1.29, 1.82) is 0 Å². The molecule has 0 amide bonds. The molecule has 2 nitrogen and oxygen atoms in total. The van der Waals surface area contributed by atoms with E-state index in [1.807, 2.05) is 0 Å². The van der Waals surface area contributed by atoms with E-state index in [0.29, 0.717) is 6.04 Å². The maximum atomic E-state index is 5.58. The molecule has 20 heavy (non-hydrogen) atoms. The number of ether oxygens (including phenoxy) is 1. The van der Waals surface area contributed by atoms with E-state index in [4.69, 9.17) is 4.74 Å². The fraction of sp³-hybridized carbons (Fsp3) is 0.667. The van der Waals surface area contributed by atoms with Crippen LogP contribution in [-0.2, 0) is 4.74 Å². The molecule has 0 aliphatic rings. The molecule has 0 aliphatic heterocycles. The van der Waals surface area contributed by atoms with Crippen molar-refractivity contribution in [2.24, 2.45) is 0 Å². The zero-order chi connectivity index (χ0) is 15.0. The van der Waals surface area contributed by atoms with Crippen LogP contribution in [0.25, 0.3) is 0 Å². The van der Waals surface area contributed by atoms with Gasteiger partial charge < -0.3 is 10.1 Å². The first kappa shape index (κ1) is 17.2. The van der Waals surface area contributed by atoms with Crippen LogP contribution in [0.3, 0.4) is 0 Å². The van der Waals surface area contributed by atoms with E-state index in [-0.39, 0.29) is 0 Å². The van der Waals surface area contributed by atoms with Crippen molar-refractivity contribution < 1.29 is 4.74 Å². The highest BCUT2D eigenvalue weighted by atomic mass is 16.5.